The number of rotatable bonds is 4. The average Bonchev–Trinajstić information content (AvgIpc) is 3.30. The van der Waals surface area contributed by atoms with E-state index in [1.54, 1.807) is 30.3 Å². The molecule has 0 aliphatic carbocycles. The lowest BCUT2D eigenvalue weighted by Gasteiger charge is -2.11. The Morgan fingerprint density at radius 2 is 1.67 bits per heavy atom. The summed E-state index contributed by atoms with van der Waals surface area (Å²) < 4.78 is 18.1. The van der Waals surface area contributed by atoms with Crippen molar-refractivity contribution in [3.63, 3.8) is 0 Å². The van der Waals surface area contributed by atoms with Crippen LogP contribution in [0.25, 0.3) is 28.0 Å². The second-order valence-electron chi connectivity index (χ2n) is 8.97. The predicted octanol–water partition coefficient (Wildman–Crippen LogP) is 8.11. The maximum absolute atomic E-state index is 13.9. The monoisotopic (exact) mass is 517 g/mol. The predicted molar refractivity (Wildman–Crippen MR) is 144 cm³/mol. The summed E-state index contributed by atoms with van der Waals surface area (Å²) in [6, 6.07) is 21.6. The van der Waals surface area contributed by atoms with E-state index in [1.807, 2.05) is 28.8 Å². The molecule has 2 aromatic heterocycles. The van der Waals surface area contributed by atoms with Gasteiger partial charge in [-0.05, 0) is 60.7 Å². The van der Waals surface area contributed by atoms with Crippen molar-refractivity contribution < 1.29 is 9.18 Å². The molecule has 0 atom stereocenters. The van der Waals surface area contributed by atoms with Gasteiger partial charge in [-0.25, -0.2) is 4.39 Å². The van der Waals surface area contributed by atoms with Crippen molar-refractivity contribution >= 4 is 40.4 Å². The summed E-state index contributed by atoms with van der Waals surface area (Å²) >= 11 is 12.3. The van der Waals surface area contributed by atoms with Crippen molar-refractivity contribution in [2.24, 2.45) is 0 Å². The van der Waals surface area contributed by atoms with Gasteiger partial charge in [-0.2, -0.15) is 0 Å². The van der Waals surface area contributed by atoms with E-state index in [9.17, 15) is 9.18 Å². The Hall–Kier alpha value is -3.54. The number of carbonyl (C=O) groups excluding carboxylic acids is 1. The normalized spacial score (nSPS) is 13.1. The Morgan fingerprint density at radius 1 is 0.889 bits per heavy atom. The minimum absolute atomic E-state index is 0.272. The lowest BCUT2D eigenvalue weighted by Crippen LogP contribution is -2.15. The first-order valence-corrected chi connectivity index (χ1v) is 12.6. The minimum Gasteiger partial charge on any atom is -0.325 e. The summed E-state index contributed by atoms with van der Waals surface area (Å²) in [4.78, 5) is 13.9. The Balaban J connectivity index is 1.60. The van der Waals surface area contributed by atoms with Crippen LogP contribution >= 0.6 is 23.2 Å². The lowest BCUT2D eigenvalue weighted by atomic mass is 9.97. The van der Waals surface area contributed by atoms with Gasteiger partial charge < -0.3 is 9.88 Å². The zero-order valence-electron chi connectivity index (χ0n) is 19.3. The van der Waals surface area contributed by atoms with Gasteiger partial charge in [0.1, 0.15) is 17.2 Å². The number of anilines is 1. The highest BCUT2D eigenvalue weighted by atomic mass is 35.5. The van der Waals surface area contributed by atoms with Crippen LogP contribution in [0.2, 0.25) is 10.0 Å². The van der Waals surface area contributed by atoms with Crippen molar-refractivity contribution in [1.82, 2.24) is 8.97 Å². The van der Waals surface area contributed by atoms with Gasteiger partial charge >= 0.3 is 0 Å². The second-order valence-corrected chi connectivity index (χ2v) is 9.79. The third-order valence-corrected chi connectivity index (χ3v) is 7.47. The fraction of sp³-hybridized carbons (Fsp3) is 0.138. The largest absolute Gasteiger partial charge is 0.325 e. The van der Waals surface area contributed by atoms with Crippen LogP contribution in [0.15, 0.2) is 79.0 Å². The molecule has 180 valence electrons. The fourth-order valence-corrected chi connectivity index (χ4v) is 5.44. The first kappa shape index (κ1) is 22.9. The van der Waals surface area contributed by atoms with Gasteiger partial charge in [0, 0.05) is 29.6 Å². The number of amides is 1. The van der Waals surface area contributed by atoms with Gasteiger partial charge in [-0.3, -0.25) is 9.20 Å². The highest BCUT2D eigenvalue weighted by Crippen LogP contribution is 2.40. The number of aromatic nitrogens is 2. The molecule has 4 nitrogen and oxygen atoms in total. The molecule has 6 rings (SSSR count). The summed E-state index contributed by atoms with van der Waals surface area (Å²) in [6.07, 6.45) is 4.90. The molecule has 1 amide bonds. The molecular formula is C29H22Cl2FN3O. The Morgan fingerprint density at radius 3 is 2.42 bits per heavy atom. The van der Waals surface area contributed by atoms with E-state index < -0.39 is 0 Å². The van der Waals surface area contributed by atoms with Crippen LogP contribution in [-0.2, 0) is 13.0 Å². The summed E-state index contributed by atoms with van der Waals surface area (Å²) in [5.41, 5.74) is 6.95. The van der Waals surface area contributed by atoms with E-state index in [1.165, 1.54) is 12.1 Å². The molecule has 0 bridgehead atoms. The smallest absolute Gasteiger partial charge is 0.273 e. The second kappa shape index (κ2) is 9.16. The number of hydrogen-bond acceptors (Lipinski definition) is 1. The Labute approximate surface area is 217 Å². The van der Waals surface area contributed by atoms with E-state index >= 15 is 0 Å². The van der Waals surface area contributed by atoms with Crippen molar-refractivity contribution in [1.29, 1.82) is 0 Å². The molecule has 1 aliphatic rings. The molecule has 0 unspecified atom stereocenters. The lowest BCUT2D eigenvalue weighted by molar-refractivity contribution is 0.102. The number of nitrogens with zero attached hydrogens (tertiary/aromatic N) is 2. The van der Waals surface area contributed by atoms with E-state index in [4.69, 9.17) is 23.2 Å². The number of benzene rings is 3. The molecule has 5 aromatic rings. The van der Waals surface area contributed by atoms with Gasteiger partial charge in [-0.1, -0.05) is 65.7 Å². The van der Waals surface area contributed by atoms with Gasteiger partial charge in [0.05, 0.1) is 15.7 Å². The number of nitrogens with one attached hydrogen (secondary N) is 1. The summed E-state index contributed by atoms with van der Waals surface area (Å²) in [7, 11) is 0. The Bertz CT molecular complexity index is 1600. The number of halogens is 3. The summed E-state index contributed by atoms with van der Waals surface area (Å²) in [5.74, 6) is -0.586. The van der Waals surface area contributed by atoms with E-state index in [0.29, 0.717) is 21.4 Å². The van der Waals surface area contributed by atoms with Crippen LogP contribution in [0.1, 0.15) is 28.9 Å². The van der Waals surface area contributed by atoms with Crippen LogP contribution in [0.5, 0.6) is 0 Å². The molecule has 1 N–H and O–H groups in total. The first-order valence-electron chi connectivity index (χ1n) is 11.9. The zero-order valence-corrected chi connectivity index (χ0v) is 20.8. The highest BCUT2D eigenvalue weighted by molar-refractivity contribution is 6.42. The molecular weight excluding hydrogens is 496 g/mol. The third-order valence-electron chi connectivity index (χ3n) is 6.73. The van der Waals surface area contributed by atoms with Crippen LogP contribution in [-0.4, -0.2) is 14.9 Å². The maximum Gasteiger partial charge on any atom is 0.273 e. The molecule has 1 aliphatic heterocycles. The van der Waals surface area contributed by atoms with Gasteiger partial charge in [-0.15, -0.1) is 0 Å². The SMILES string of the molecule is O=C(Nc1ccc(Cl)c(Cl)c1)c1c(-c2ccc(F)cc2)c2c3n(c(-c4ccccc4)cn13)CCCC2. The average molecular weight is 518 g/mol. The van der Waals surface area contributed by atoms with Gasteiger partial charge in [0.25, 0.3) is 5.91 Å². The van der Waals surface area contributed by atoms with Gasteiger partial charge in [0.15, 0.2) is 0 Å². The molecule has 7 heteroatoms. The van der Waals surface area contributed by atoms with Crippen LogP contribution < -0.4 is 5.32 Å². The first-order chi connectivity index (χ1) is 17.5. The molecule has 36 heavy (non-hydrogen) atoms. The third kappa shape index (κ3) is 3.89. The number of carbonyl (C=O) groups is 1. The molecule has 0 spiro atoms. The maximum atomic E-state index is 13.9. The molecule has 3 aromatic carbocycles. The van der Waals surface area contributed by atoms with Crippen molar-refractivity contribution in [2.45, 2.75) is 25.8 Å². The van der Waals surface area contributed by atoms with Crippen molar-refractivity contribution in [2.75, 3.05) is 5.32 Å². The van der Waals surface area contributed by atoms with Crippen LogP contribution in [0.3, 0.4) is 0 Å². The molecule has 3 heterocycles. The van der Waals surface area contributed by atoms with Gasteiger partial charge in [0.2, 0.25) is 0 Å². The fourth-order valence-electron chi connectivity index (χ4n) is 5.14. The Kier molecular flexibility index (Phi) is 5.82. The summed E-state index contributed by atoms with van der Waals surface area (Å²) in [6.45, 7) is 0.856. The molecule has 0 saturated carbocycles. The minimum atomic E-state index is -0.314. The van der Waals surface area contributed by atoms with Crippen molar-refractivity contribution in [3.05, 3.63) is 106 Å². The highest BCUT2D eigenvalue weighted by Gasteiger charge is 2.29. The molecule has 0 fully saturated rings. The van der Waals surface area contributed by atoms with E-state index in [0.717, 1.165) is 59.4 Å². The van der Waals surface area contributed by atoms with Crippen LogP contribution in [0.4, 0.5) is 10.1 Å². The summed E-state index contributed by atoms with van der Waals surface area (Å²) in [5, 5.41) is 3.78. The molecule has 0 radical (unpaired) electrons. The number of hydrogen-bond donors (Lipinski definition) is 1. The number of aryl methyl sites for hydroxylation is 2. The topological polar surface area (TPSA) is 38.4 Å². The van der Waals surface area contributed by atoms with E-state index in [2.05, 4.69) is 22.0 Å². The van der Waals surface area contributed by atoms with Crippen LogP contribution in [0, 0.1) is 5.82 Å². The quantitative estimate of drug-likeness (QED) is 0.257. The van der Waals surface area contributed by atoms with Crippen molar-refractivity contribution in [3.8, 4) is 22.4 Å². The molecule has 0 saturated heterocycles. The zero-order chi connectivity index (χ0) is 24.8. The standard InChI is InChI=1S/C29H22Cl2FN3O/c30-23-14-13-21(16-24(23)31)33-28(36)27-26(19-9-11-20(32)12-10-19)22-8-4-5-15-34-25(17-35(27)29(22)34)18-6-2-1-3-7-18/h1-3,6-7,9-14,16-17H,4-5,8,15H2,(H,33,36). The number of imidazole rings is 1. The van der Waals surface area contributed by atoms with E-state index in [-0.39, 0.29) is 11.7 Å².